The lowest BCUT2D eigenvalue weighted by Crippen LogP contribution is -2.21. The molecule has 0 bridgehead atoms. The summed E-state index contributed by atoms with van der Waals surface area (Å²) in [6, 6.07) is 0. The monoisotopic (exact) mass is 212 g/mol. The molecular formula is C7H13ClO5. The Morgan fingerprint density at radius 1 is 1.46 bits per heavy atom. The molecule has 0 heterocycles. The van der Waals surface area contributed by atoms with Crippen LogP contribution in [0.1, 0.15) is 6.92 Å². The number of hydrogen-bond donors (Lipinski definition) is 2. The molecule has 1 atom stereocenters. The fourth-order valence-corrected chi connectivity index (χ4v) is 0.588. The lowest BCUT2D eigenvalue weighted by Gasteiger charge is -2.11. The standard InChI is InChI=1S/C7H13ClO5/c1-5(8)13-7(11)12-4-6(2-9)3-10/h5-6,9-10H,2-4H2,1H3. The summed E-state index contributed by atoms with van der Waals surface area (Å²) >= 11 is 5.33. The molecular weight excluding hydrogens is 200 g/mol. The number of halogens is 1. The highest BCUT2D eigenvalue weighted by Crippen LogP contribution is 2.01. The van der Waals surface area contributed by atoms with Gasteiger partial charge in [0.25, 0.3) is 0 Å². The average molecular weight is 213 g/mol. The van der Waals surface area contributed by atoms with E-state index in [9.17, 15) is 4.79 Å². The van der Waals surface area contributed by atoms with Crippen LogP contribution >= 0.6 is 11.6 Å². The summed E-state index contributed by atoms with van der Waals surface area (Å²) in [7, 11) is 0. The molecule has 0 aliphatic rings. The summed E-state index contributed by atoms with van der Waals surface area (Å²) in [5.74, 6) is -0.474. The van der Waals surface area contributed by atoms with Crippen molar-refractivity contribution in [1.29, 1.82) is 0 Å². The Balaban J connectivity index is 3.56. The maximum Gasteiger partial charge on any atom is 0.509 e. The first kappa shape index (κ1) is 12.5. The summed E-state index contributed by atoms with van der Waals surface area (Å²) in [4.78, 5) is 10.7. The molecule has 0 saturated heterocycles. The van der Waals surface area contributed by atoms with Crippen molar-refractivity contribution in [3.05, 3.63) is 0 Å². The number of alkyl halides is 1. The third-order valence-electron chi connectivity index (χ3n) is 1.21. The lowest BCUT2D eigenvalue weighted by molar-refractivity contribution is 0.0213. The Morgan fingerprint density at radius 2 is 2.00 bits per heavy atom. The third-order valence-corrected chi connectivity index (χ3v) is 1.30. The maximum atomic E-state index is 10.7. The van der Waals surface area contributed by atoms with Crippen molar-refractivity contribution in [2.45, 2.75) is 12.5 Å². The summed E-state index contributed by atoms with van der Waals surface area (Å²) in [6.07, 6.45) is -0.908. The van der Waals surface area contributed by atoms with E-state index in [1.807, 2.05) is 0 Å². The van der Waals surface area contributed by atoms with Crippen LogP contribution in [0.3, 0.4) is 0 Å². The summed E-state index contributed by atoms with van der Waals surface area (Å²) in [5, 5.41) is 17.2. The molecule has 0 amide bonds. The maximum absolute atomic E-state index is 10.7. The Labute approximate surface area is 81.2 Å². The van der Waals surface area contributed by atoms with E-state index in [2.05, 4.69) is 9.47 Å². The molecule has 0 saturated carbocycles. The van der Waals surface area contributed by atoms with Crippen LogP contribution in [0.2, 0.25) is 0 Å². The molecule has 0 aliphatic heterocycles. The molecule has 0 aromatic rings. The predicted octanol–water partition coefficient (Wildman–Crippen LogP) is 0.325. The van der Waals surface area contributed by atoms with E-state index in [-0.39, 0.29) is 19.8 Å². The Kier molecular flexibility index (Phi) is 6.66. The molecule has 2 N–H and O–H groups in total. The minimum Gasteiger partial charge on any atom is -0.434 e. The summed E-state index contributed by atoms with van der Waals surface area (Å²) < 4.78 is 8.96. The van der Waals surface area contributed by atoms with Crippen molar-refractivity contribution in [2.75, 3.05) is 19.8 Å². The zero-order valence-corrected chi connectivity index (χ0v) is 8.03. The number of hydrogen-bond acceptors (Lipinski definition) is 5. The Morgan fingerprint density at radius 3 is 2.38 bits per heavy atom. The Bertz CT molecular complexity index is 146. The lowest BCUT2D eigenvalue weighted by atomic mass is 10.2. The average Bonchev–Trinajstić information content (AvgIpc) is 2.05. The van der Waals surface area contributed by atoms with Crippen molar-refractivity contribution in [3.8, 4) is 0 Å². The molecule has 0 fully saturated rings. The highest BCUT2D eigenvalue weighted by molar-refractivity contribution is 6.19. The van der Waals surface area contributed by atoms with Gasteiger partial charge in [-0.05, 0) is 6.92 Å². The van der Waals surface area contributed by atoms with Gasteiger partial charge in [0.1, 0.15) is 6.61 Å². The molecule has 0 aromatic heterocycles. The number of aliphatic hydroxyl groups excluding tert-OH is 2. The first-order valence-corrected chi connectivity index (χ1v) is 4.23. The van der Waals surface area contributed by atoms with Gasteiger partial charge in [-0.25, -0.2) is 4.79 Å². The van der Waals surface area contributed by atoms with E-state index < -0.39 is 17.6 Å². The minimum absolute atomic E-state index is 0.0879. The number of carbonyl (C=O) groups excluding carboxylic acids is 1. The molecule has 5 nitrogen and oxygen atoms in total. The van der Waals surface area contributed by atoms with E-state index in [1.54, 1.807) is 0 Å². The second-order valence-electron chi connectivity index (χ2n) is 2.45. The smallest absolute Gasteiger partial charge is 0.434 e. The number of aliphatic hydroxyl groups is 2. The van der Waals surface area contributed by atoms with Crippen LogP contribution < -0.4 is 0 Å². The van der Waals surface area contributed by atoms with E-state index in [0.717, 1.165) is 0 Å². The van der Waals surface area contributed by atoms with Gasteiger partial charge < -0.3 is 19.7 Å². The van der Waals surface area contributed by atoms with Crippen LogP contribution in [0, 0.1) is 5.92 Å². The number of carbonyl (C=O) groups is 1. The normalized spacial score (nSPS) is 12.7. The van der Waals surface area contributed by atoms with Crippen molar-refractivity contribution in [1.82, 2.24) is 0 Å². The van der Waals surface area contributed by atoms with Gasteiger partial charge in [-0.2, -0.15) is 0 Å². The molecule has 1 unspecified atom stereocenters. The van der Waals surface area contributed by atoms with Gasteiger partial charge in [0.15, 0.2) is 5.56 Å². The van der Waals surface area contributed by atoms with Crippen LogP contribution in [-0.4, -0.2) is 41.8 Å². The van der Waals surface area contributed by atoms with Gasteiger partial charge in [0.05, 0.1) is 13.2 Å². The topological polar surface area (TPSA) is 76.0 Å². The number of ether oxygens (including phenoxy) is 2. The summed E-state index contributed by atoms with van der Waals surface area (Å²) in [5.41, 5.74) is -0.755. The Hall–Kier alpha value is -0.520. The van der Waals surface area contributed by atoms with Gasteiger partial charge in [0, 0.05) is 5.92 Å². The van der Waals surface area contributed by atoms with Crippen LogP contribution in [0.15, 0.2) is 0 Å². The fraction of sp³-hybridized carbons (Fsp3) is 0.857. The summed E-state index contributed by atoms with van der Waals surface area (Å²) in [6.45, 7) is 0.883. The van der Waals surface area contributed by atoms with Gasteiger partial charge >= 0.3 is 6.16 Å². The highest BCUT2D eigenvalue weighted by atomic mass is 35.5. The SMILES string of the molecule is CC(Cl)OC(=O)OCC(CO)CO. The first-order valence-electron chi connectivity index (χ1n) is 3.79. The van der Waals surface area contributed by atoms with E-state index in [0.29, 0.717) is 0 Å². The predicted molar refractivity (Wildman–Crippen MR) is 45.4 cm³/mol. The van der Waals surface area contributed by atoms with Gasteiger partial charge in [-0.15, -0.1) is 0 Å². The molecule has 13 heavy (non-hydrogen) atoms. The number of rotatable bonds is 5. The zero-order chi connectivity index (χ0) is 10.3. The van der Waals surface area contributed by atoms with Crippen molar-refractivity contribution < 1.29 is 24.5 Å². The van der Waals surface area contributed by atoms with E-state index in [4.69, 9.17) is 21.8 Å². The molecule has 6 heteroatoms. The molecule has 0 radical (unpaired) electrons. The molecule has 0 rings (SSSR count). The van der Waals surface area contributed by atoms with Crippen molar-refractivity contribution >= 4 is 17.8 Å². The molecule has 0 aliphatic carbocycles. The zero-order valence-electron chi connectivity index (χ0n) is 7.27. The highest BCUT2D eigenvalue weighted by Gasteiger charge is 2.12. The van der Waals surface area contributed by atoms with E-state index >= 15 is 0 Å². The van der Waals surface area contributed by atoms with Crippen molar-refractivity contribution in [3.63, 3.8) is 0 Å². The fourth-order valence-electron chi connectivity index (χ4n) is 0.516. The van der Waals surface area contributed by atoms with Crippen LogP contribution in [0.25, 0.3) is 0 Å². The quantitative estimate of drug-likeness (QED) is 0.507. The second kappa shape index (κ2) is 6.94. The third kappa shape index (κ3) is 6.62. The van der Waals surface area contributed by atoms with Gasteiger partial charge in [-0.3, -0.25) is 0 Å². The van der Waals surface area contributed by atoms with Crippen LogP contribution in [-0.2, 0) is 9.47 Å². The van der Waals surface area contributed by atoms with Gasteiger partial charge in [0.2, 0.25) is 0 Å². The van der Waals surface area contributed by atoms with Crippen LogP contribution in [0.5, 0.6) is 0 Å². The van der Waals surface area contributed by atoms with Crippen LogP contribution in [0.4, 0.5) is 4.79 Å². The van der Waals surface area contributed by atoms with Crippen molar-refractivity contribution in [2.24, 2.45) is 5.92 Å². The van der Waals surface area contributed by atoms with Gasteiger partial charge in [-0.1, -0.05) is 11.6 Å². The molecule has 0 aromatic carbocycles. The largest absolute Gasteiger partial charge is 0.509 e. The van der Waals surface area contributed by atoms with E-state index in [1.165, 1.54) is 6.92 Å². The first-order chi connectivity index (χ1) is 6.10. The molecule has 78 valence electrons. The minimum atomic E-state index is -0.908. The molecule has 0 spiro atoms. The second-order valence-corrected chi connectivity index (χ2v) is 3.07.